The van der Waals surface area contributed by atoms with Gasteiger partial charge in [0.1, 0.15) is 0 Å². The van der Waals surface area contributed by atoms with E-state index < -0.39 is 0 Å². The molecule has 3 heterocycles. The predicted octanol–water partition coefficient (Wildman–Crippen LogP) is 2.37. The van der Waals surface area contributed by atoms with E-state index in [2.05, 4.69) is 20.9 Å². The lowest BCUT2D eigenvalue weighted by molar-refractivity contribution is 0.0728. The molecule has 6 nitrogen and oxygen atoms in total. The van der Waals surface area contributed by atoms with Gasteiger partial charge in [0.2, 0.25) is 0 Å². The minimum absolute atomic E-state index is 0.0433. The van der Waals surface area contributed by atoms with Gasteiger partial charge in [-0.3, -0.25) is 14.7 Å². The molecule has 1 aliphatic carbocycles. The van der Waals surface area contributed by atoms with Gasteiger partial charge in [-0.15, -0.1) is 0 Å². The average molecular weight is 367 g/mol. The number of carbonyl (C=O) groups excluding carboxylic acids is 1. The Morgan fingerprint density at radius 2 is 1.96 bits per heavy atom. The normalized spacial score (nSPS) is 22.1. The van der Waals surface area contributed by atoms with Crippen molar-refractivity contribution < 1.29 is 4.79 Å². The van der Waals surface area contributed by atoms with Crippen LogP contribution in [0.2, 0.25) is 0 Å². The van der Waals surface area contributed by atoms with Gasteiger partial charge in [0.15, 0.2) is 5.82 Å². The summed E-state index contributed by atoms with van der Waals surface area (Å²) >= 11 is 0. The van der Waals surface area contributed by atoms with E-state index in [0.29, 0.717) is 17.8 Å². The van der Waals surface area contributed by atoms with E-state index >= 15 is 0 Å². The van der Waals surface area contributed by atoms with Crippen LogP contribution < -0.4 is 0 Å². The van der Waals surface area contributed by atoms with Gasteiger partial charge in [-0.1, -0.05) is 18.9 Å². The summed E-state index contributed by atoms with van der Waals surface area (Å²) in [5, 5.41) is 0. The number of pyridine rings is 1. The van der Waals surface area contributed by atoms with E-state index in [-0.39, 0.29) is 5.91 Å². The molecule has 0 spiro atoms. The molecule has 1 amide bonds. The van der Waals surface area contributed by atoms with Gasteiger partial charge in [-0.25, -0.2) is 4.98 Å². The number of hydrogen-bond donors (Lipinski definition) is 0. The summed E-state index contributed by atoms with van der Waals surface area (Å²) < 4.78 is 1.82. The summed E-state index contributed by atoms with van der Waals surface area (Å²) in [4.78, 5) is 26.5. The minimum atomic E-state index is 0.0433. The monoisotopic (exact) mass is 367 g/mol. The quantitative estimate of drug-likeness (QED) is 0.833. The number of nitrogens with zero attached hydrogens (tertiary/aromatic N) is 5. The maximum Gasteiger partial charge on any atom is 0.289 e. The molecular weight excluding hydrogens is 338 g/mol. The highest BCUT2D eigenvalue weighted by Gasteiger charge is 2.32. The smallest absolute Gasteiger partial charge is 0.289 e. The Bertz CT molecular complexity index is 753. The van der Waals surface area contributed by atoms with Crippen LogP contribution in [0, 0.1) is 5.92 Å². The summed E-state index contributed by atoms with van der Waals surface area (Å²) in [5.74, 6) is 0.968. The van der Waals surface area contributed by atoms with Crippen molar-refractivity contribution in [1.29, 1.82) is 0 Å². The van der Waals surface area contributed by atoms with Crippen molar-refractivity contribution in [3.8, 4) is 0 Å². The van der Waals surface area contributed by atoms with Gasteiger partial charge in [0.25, 0.3) is 5.91 Å². The fraction of sp³-hybridized carbons (Fsp3) is 0.571. The van der Waals surface area contributed by atoms with E-state index in [1.54, 1.807) is 6.20 Å². The zero-order chi connectivity index (χ0) is 18.6. The largest absolute Gasteiger partial charge is 0.334 e. The van der Waals surface area contributed by atoms with Crippen LogP contribution in [0.5, 0.6) is 0 Å². The Morgan fingerprint density at radius 3 is 2.67 bits per heavy atom. The SMILES string of the molecule is Cn1ccnc1C(=O)N1CCN(C2CCCC2)C[C@H](Cc2ccccn2)C1. The van der Waals surface area contributed by atoms with Crippen molar-refractivity contribution in [1.82, 2.24) is 24.3 Å². The van der Waals surface area contributed by atoms with Crippen LogP contribution >= 0.6 is 0 Å². The average Bonchev–Trinajstić information content (AvgIpc) is 3.31. The molecule has 1 aliphatic heterocycles. The fourth-order valence-corrected chi connectivity index (χ4v) is 4.58. The Morgan fingerprint density at radius 1 is 1.11 bits per heavy atom. The second-order valence-corrected chi connectivity index (χ2v) is 7.94. The molecule has 144 valence electrons. The minimum Gasteiger partial charge on any atom is -0.334 e. The second-order valence-electron chi connectivity index (χ2n) is 7.94. The molecule has 27 heavy (non-hydrogen) atoms. The molecule has 2 fully saturated rings. The molecule has 0 bridgehead atoms. The second kappa shape index (κ2) is 8.21. The first-order valence-electron chi connectivity index (χ1n) is 10.1. The lowest BCUT2D eigenvalue weighted by Crippen LogP contribution is -2.39. The molecule has 2 aromatic rings. The van der Waals surface area contributed by atoms with Gasteiger partial charge in [-0.05, 0) is 37.3 Å². The maximum atomic E-state index is 13.1. The Balaban J connectivity index is 1.53. The molecule has 0 unspecified atom stereocenters. The standard InChI is InChI=1S/C21H29N5O/c1-24-11-10-23-20(24)21(27)26-13-12-25(19-7-2-3-8-19)15-17(16-26)14-18-6-4-5-9-22-18/h4-6,9-11,17,19H,2-3,7-8,12-16H2,1H3/t17-/m0/s1. The van der Waals surface area contributed by atoms with Crippen molar-refractivity contribution in [2.45, 2.75) is 38.1 Å². The van der Waals surface area contributed by atoms with Gasteiger partial charge < -0.3 is 9.47 Å². The summed E-state index contributed by atoms with van der Waals surface area (Å²) in [6.07, 6.45) is 11.6. The Hall–Kier alpha value is -2.21. The number of aryl methyl sites for hydroxylation is 1. The van der Waals surface area contributed by atoms with Gasteiger partial charge >= 0.3 is 0 Å². The molecule has 1 atom stereocenters. The molecule has 1 saturated carbocycles. The molecular formula is C21H29N5O. The van der Waals surface area contributed by atoms with Gasteiger partial charge in [0.05, 0.1) is 0 Å². The molecule has 2 aromatic heterocycles. The summed E-state index contributed by atoms with van der Waals surface area (Å²) in [5.41, 5.74) is 1.11. The highest BCUT2D eigenvalue weighted by atomic mass is 16.2. The number of aromatic nitrogens is 3. The third kappa shape index (κ3) is 4.21. The van der Waals surface area contributed by atoms with Gasteiger partial charge in [-0.2, -0.15) is 0 Å². The summed E-state index contributed by atoms with van der Waals surface area (Å²) in [7, 11) is 1.88. The number of rotatable bonds is 4. The first-order chi connectivity index (χ1) is 13.2. The molecule has 4 rings (SSSR count). The van der Waals surface area contributed by atoms with Crippen LogP contribution in [-0.2, 0) is 13.5 Å². The summed E-state index contributed by atoms with van der Waals surface area (Å²) in [6, 6.07) is 6.78. The van der Waals surface area contributed by atoms with Crippen LogP contribution in [0.3, 0.4) is 0 Å². The number of amides is 1. The van der Waals surface area contributed by atoms with Crippen molar-refractivity contribution in [2.24, 2.45) is 13.0 Å². The molecule has 0 N–H and O–H groups in total. The van der Waals surface area contributed by atoms with Crippen LogP contribution in [0.15, 0.2) is 36.8 Å². The highest BCUT2D eigenvalue weighted by molar-refractivity contribution is 5.90. The third-order valence-electron chi connectivity index (χ3n) is 5.99. The zero-order valence-electron chi connectivity index (χ0n) is 16.1. The predicted molar refractivity (Wildman–Crippen MR) is 104 cm³/mol. The maximum absolute atomic E-state index is 13.1. The first-order valence-corrected chi connectivity index (χ1v) is 10.1. The van der Waals surface area contributed by atoms with Crippen molar-refractivity contribution in [2.75, 3.05) is 26.2 Å². The number of imidazole rings is 1. The summed E-state index contributed by atoms with van der Waals surface area (Å²) in [6.45, 7) is 3.55. The highest BCUT2D eigenvalue weighted by Crippen LogP contribution is 2.26. The van der Waals surface area contributed by atoms with Crippen molar-refractivity contribution in [3.05, 3.63) is 48.3 Å². The first kappa shape index (κ1) is 18.2. The Kier molecular flexibility index (Phi) is 5.53. The lowest BCUT2D eigenvalue weighted by atomic mass is 10.0. The van der Waals surface area contributed by atoms with E-state index in [0.717, 1.165) is 38.3 Å². The Labute approximate surface area is 161 Å². The molecule has 6 heteroatoms. The van der Waals surface area contributed by atoms with Crippen LogP contribution in [0.1, 0.15) is 42.0 Å². The molecule has 0 radical (unpaired) electrons. The van der Waals surface area contributed by atoms with E-state index in [1.807, 2.05) is 41.0 Å². The molecule has 0 aromatic carbocycles. The van der Waals surface area contributed by atoms with Crippen LogP contribution in [-0.4, -0.2) is 62.5 Å². The van der Waals surface area contributed by atoms with Crippen LogP contribution in [0.4, 0.5) is 0 Å². The van der Waals surface area contributed by atoms with E-state index in [1.165, 1.54) is 25.7 Å². The van der Waals surface area contributed by atoms with E-state index in [4.69, 9.17) is 0 Å². The van der Waals surface area contributed by atoms with Crippen molar-refractivity contribution in [3.63, 3.8) is 0 Å². The topological polar surface area (TPSA) is 54.3 Å². The number of hydrogen-bond acceptors (Lipinski definition) is 4. The molecule has 2 aliphatic rings. The van der Waals surface area contributed by atoms with E-state index in [9.17, 15) is 4.79 Å². The van der Waals surface area contributed by atoms with Gasteiger partial charge in [0, 0.05) is 63.6 Å². The van der Waals surface area contributed by atoms with Crippen LogP contribution in [0.25, 0.3) is 0 Å². The number of carbonyl (C=O) groups is 1. The van der Waals surface area contributed by atoms with Crippen molar-refractivity contribution >= 4 is 5.91 Å². The fourth-order valence-electron chi connectivity index (χ4n) is 4.58. The molecule has 1 saturated heterocycles. The lowest BCUT2D eigenvalue weighted by Gasteiger charge is -2.29. The third-order valence-corrected chi connectivity index (χ3v) is 5.99. The zero-order valence-corrected chi connectivity index (χ0v) is 16.1.